The Kier molecular flexibility index (Phi) is 4.17. The standard InChI is InChI=1S/C21H17NO3/c23-21(24-14-12-15-7-5-6-13-22-15)20-16-8-1-3-10-18(16)25-19-11-4-2-9-17(19)20/h1-11,13,20H,12,14H2. The van der Waals surface area contributed by atoms with Gasteiger partial charge in [0.25, 0.3) is 0 Å². The van der Waals surface area contributed by atoms with Gasteiger partial charge in [0.05, 0.1) is 6.61 Å². The highest BCUT2D eigenvalue weighted by Gasteiger charge is 2.33. The van der Waals surface area contributed by atoms with Crippen molar-refractivity contribution in [2.24, 2.45) is 0 Å². The van der Waals surface area contributed by atoms with E-state index in [1.165, 1.54) is 0 Å². The molecule has 0 amide bonds. The van der Waals surface area contributed by atoms with Gasteiger partial charge < -0.3 is 9.47 Å². The Morgan fingerprint density at radius 2 is 1.56 bits per heavy atom. The van der Waals surface area contributed by atoms with Crippen molar-refractivity contribution in [1.29, 1.82) is 0 Å². The van der Waals surface area contributed by atoms with Crippen molar-refractivity contribution in [3.63, 3.8) is 0 Å². The minimum Gasteiger partial charge on any atom is -0.465 e. The number of carbonyl (C=O) groups is 1. The molecule has 124 valence electrons. The Balaban J connectivity index is 1.55. The van der Waals surface area contributed by atoms with Crippen LogP contribution in [-0.4, -0.2) is 17.6 Å². The van der Waals surface area contributed by atoms with Gasteiger partial charge >= 0.3 is 5.97 Å². The predicted octanol–water partition coefficient (Wildman–Crippen LogP) is 4.11. The molecule has 0 atom stereocenters. The van der Waals surface area contributed by atoms with Crippen LogP contribution in [0.5, 0.6) is 11.5 Å². The molecule has 0 fully saturated rings. The number of nitrogens with zero attached hydrogens (tertiary/aromatic N) is 1. The molecule has 3 aromatic rings. The number of para-hydroxylation sites is 2. The highest BCUT2D eigenvalue weighted by atomic mass is 16.5. The summed E-state index contributed by atoms with van der Waals surface area (Å²) in [5.74, 6) is 0.671. The molecule has 0 N–H and O–H groups in total. The van der Waals surface area contributed by atoms with Crippen LogP contribution in [0.4, 0.5) is 0 Å². The van der Waals surface area contributed by atoms with Gasteiger partial charge in [0.15, 0.2) is 0 Å². The molecule has 4 nitrogen and oxygen atoms in total. The third-order valence-electron chi connectivity index (χ3n) is 4.24. The maximum Gasteiger partial charge on any atom is 0.318 e. The molecule has 0 unspecified atom stereocenters. The highest BCUT2D eigenvalue weighted by Crippen LogP contribution is 2.44. The number of hydrogen-bond acceptors (Lipinski definition) is 4. The molecule has 0 bridgehead atoms. The van der Waals surface area contributed by atoms with E-state index in [4.69, 9.17) is 9.47 Å². The number of hydrogen-bond donors (Lipinski definition) is 0. The van der Waals surface area contributed by atoms with Crippen molar-refractivity contribution in [3.8, 4) is 11.5 Å². The van der Waals surface area contributed by atoms with E-state index in [9.17, 15) is 4.79 Å². The van der Waals surface area contributed by atoms with Gasteiger partial charge in [0.2, 0.25) is 0 Å². The van der Waals surface area contributed by atoms with E-state index in [1.54, 1.807) is 6.20 Å². The zero-order chi connectivity index (χ0) is 17.1. The number of rotatable bonds is 4. The minimum absolute atomic E-state index is 0.265. The van der Waals surface area contributed by atoms with Gasteiger partial charge in [-0.15, -0.1) is 0 Å². The summed E-state index contributed by atoms with van der Waals surface area (Å²) in [7, 11) is 0. The van der Waals surface area contributed by atoms with E-state index in [2.05, 4.69) is 4.98 Å². The fraction of sp³-hybridized carbons (Fsp3) is 0.143. The Hall–Kier alpha value is -3.14. The molecule has 2 heterocycles. The number of fused-ring (bicyclic) bond motifs is 2. The Morgan fingerprint density at radius 1 is 0.920 bits per heavy atom. The fourth-order valence-corrected chi connectivity index (χ4v) is 3.05. The largest absolute Gasteiger partial charge is 0.465 e. The van der Waals surface area contributed by atoms with Crippen LogP contribution >= 0.6 is 0 Å². The lowest BCUT2D eigenvalue weighted by Crippen LogP contribution is -2.22. The van der Waals surface area contributed by atoms with Crippen LogP contribution in [0.15, 0.2) is 72.9 Å². The molecule has 2 aromatic carbocycles. The number of aromatic nitrogens is 1. The average Bonchev–Trinajstić information content (AvgIpc) is 2.66. The molecule has 0 aliphatic carbocycles. The van der Waals surface area contributed by atoms with Crippen LogP contribution in [0.25, 0.3) is 0 Å². The molecule has 25 heavy (non-hydrogen) atoms. The summed E-state index contributed by atoms with van der Waals surface area (Å²) >= 11 is 0. The van der Waals surface area contributed by atoms with E-state index >= 15 is 0 Å². The molecule has 4 heteroatoms. The molecule has 0 saturated heterocycles. The summed E-state index contributed by atoms with van der Waals surface area (Å²) in [5.41, 5.74) is 2.58. The number of benzene rings is 2. The van der Waals surface area contributed by atoms with Gasteiger partial charge in [-0.3, -0.25) is 9.78 Å². The van der Waals surface area contributed by atoms with Crippen molar-refractivity contribution >= 4 is 5.97 Å². The Bertz CT molecular complexity index is 847. The second-order valence-corrected chi connectivity index (χ2v) is 5.85. The van der Waals surface area contributed by atoms with Gasteiger partial charge in [-0.25, -0.2) is 0 Å². The molecule has 0 spiro atoms. The molecule has 1 aromatic heterocycles. The molecule has 1 aliphatic rings. The molecule has 0 saturated carbocycles. The van der Waals surface area contributed by atoms with Crippen molar-refractivity contribution < 1.29 is 14.3 Å². The maximum atomic E-state index is 12.8. The topological polar surface area (TPSA) is 48.4 Å². The fourth-order valence-electron chi connectivity index (χ4n) is 3.05. The molecular weight excluding hydrogens is 314 g/mol. The zero-order valence-electron chi connectivity index (χ0n) is 13.6. The number of ether oxygens (including phenoxy) is 2. The molecule has 0 radical (unpaired) electrons. The Morgan fingerprint density at radius 3 is 2.20 bits per heavy atom. The van der Waals surface area contributed by atoms with Gasteiger partial charge in [0.1, 0.15) is 17.4 Å². The first-order valence-corrected chi connectivity index (χ1v) is 8.25. The maximum absolute atomic E-state index is 12.8. The average molecular weight is 331 g/mol. The second kappa shape index (κ2) is 6.77. The lowest BCUT2D eigenvalue weighted by Gasteiger charge is -2.26. The second-order valence-electron chi connectivity index (χ2n) is 5.85. The van der Waals surface area contributed by atoms with Crippen LogP contribution in [0.2, 0.25) is 0 Å². The van der Waals surface area contributed by atoms with E-state index in [0.717, 1.165) is 16.8 Å². The summed E-state index contributed by atoms with van der Waals surface area (Å²) in [4.78, 5) is 17.1. The van der Waals surface area contributed by atoms with Crippen LogP contribution in [-0.2, 0) is 16.0 Å². The van der Waals surface area contributed by atoms with Crippen LogP contribution < -0.4 is 4.74 Å². The first-order chi connectivity index (χ1) is 12.3. The summed E-state index contributed by atoms with van der Waals surface area (Å²) < 4.78 is 11.5. The van der Waals surface area contributed by atoms with E-state index in [1.807, 2.05) is 66.7 Å². The number of pyridine rings is 1. The van der Waals surface area contributed by atoms with Crippen LogP contribution in [0, 0.1) is 0 Å². The van der Waals surface area contributed by atoms with Crippen molar-refractivity contribution in [3.05, 3.63) is 89.7 Å². The van der Waals surface area contributed by atoms with Crippen LogP contribution in [0.1, 0.15) is 22.7 Å². The van der Waals surface area contributed by atoms with E-state index < -0.39 is 5.92 Å². The smallest absolute Gasteiger partial charge is 0.318 e. The van der Waals surface area contributed by atoms with Gasteiger partial charge in [0, 0.05) is 29.4 Å². The predicted molar refractivity (Wildman–Crippen MR) is 93.7 cm³/mol. The summed E-state index contributed by atoms with van der Waals surface area (Å²) in [6.45, 7) is 0.303. The van der Waals surface area contributed by atoms with Crippen LogP contribution in [0.3, 0.4) is 0 Å². The lowest BCUT2D eigenvalue weighted by molar-refractivity contribution is -0.144. The SMILES string of the molecule is O=C(OCCc1ccccn1)C1c2ccccc2Oc2ccccc21. The Labute approximate surface area is 146 Å². The van der Waals surface area contributed by atoms with Crippen molar-refractivity contribution in [2.45, 2.75) is 12.3 Å². The zero-order valence-corrected chi connectivity index (χ0v) is 13.6. The molecule has 4 rings (SSSR count). The van der Waals surface area contributed by atoms with Crippen molar-refractivity contribution in [2.75, 3.05) is 6.61 Å². The first-order valence-electron chi connectivity index (χ1n) is 8.25. The highest BCUT2D eigenvalue weighted by molar-refractivity contribution is 5.85. The first kappa shape index (κ1) is 15.4. The van der Waals surface area contributed by atoms with Gasteiger partial charge in [-0.05, 0) is 24.3 Å². The third-order valence-corrected chi connectivity index (χ3v) is 4.24. The molecular formula is C21H17NO3. The quantitative estimate of drug-likeness (QED) is 0.675. The number of carbonyl (C=O) groups excluding carboxylic acids is 1. The summed E-state index contributed by atoms with van der Waals surface area (Å²) in [5, 5.41) is 0. The summed E-state index contributed by atoms with van der Waals surface area (Å²) in [6.07, 6.45) is 2.33. The van der Waals surface area contributed by atoms with Gasteiger partial charge in [-0.1, -0.05) is 42.5 Å². The van der Waals surface area contributed by atoms with E-state index in [-0.39, 0.29) is 5.97 Å². The monoisotopic (exact) mass is 331 g/mol. The molecule has 1 aliphatic heterocycles. The summed E-state index contributed by atoms with van der Waals surface area (Å²) in [6, 6.07) is 20.9. The third kappa shape index (κ3) is 3.11. The minimum atomic E-state index is -0.468. The van der Waals surface area contributed by atoms with E-state index in [0.29, 0.717) is 24.5 Å². The van der Waals surface area contributed by atoms with Crippen molar-refractivity contribution in [1.82, 2.24) is 4.98 Å². The lowest BCUT2D eigenvalue weighted by atomic mass is 9.88. The number of esters is 1. The normalized spacial score (nSPS) is 12.6. The van der Waals surface area contributed by atoms with Gasteiger partial charge in [-0.2, -0.15) is 0 Å².